The maximum absolute atomic E-state index is 12.2. The van der Waals surface area contributed by atoms with Crippen molar-refractivity contribution in [3.63, 3.8) is 0 Å². The highest BCUT2D eigenvalue weighted by Crippen LogP contribution is 2.24. The van der Waals surface area contributed by atoms with Crippen molar-refractivity contribution in [2.45, 2.75) is 32.8 Å². The van der Waals surface area contributed by atoms with E-state index in [2.05, 4.69) is 19.1 Å². The lowest BCUT2D eigenvalue weighted by Crippen LogP contribution is -2.39. The molecule has 0 N–H and O–H groups in total. The Labute approximate surface area is 131 Å². The van der Waals surface area contributed by atoms with Crippen molar-refractivity contribution in [3.05, 3.63) is 29.3 Å². The number of halogens is 1. The van der Waals surface area contributed by atoms with Crippen LogP contribution in [-0.2, 0) is 20.7 Å². The van der Waals surface area contributed by atoms with Gasteiger partial charge in [-0.25, -0.2) is 0 Å². The van der Waals surface area contributed by atoms with Gasteiger partial charge < -0.3 is 14.4 Å². The second kappa shape index (κ2) is 7.78. The number of hydrogen-bond donors (Lipinski definition) is 0. The molecule has 1 aromatic carbocycles. The van der Waals surface area contributed by atoms with Crippen molar-refractivity contribution in [2.24, 2.45) is 0 Å². The van der Waals surface area contributed by atoms with Crippen LogP contribution in [0.2, 0.25) is 0 Å². The highest BCUT2D eigenvalue weighted by molar-refractivity contribution is 6.29. The highest BCUT2D eigenvalue weighted by atomic mass is 35.5. The molecule has 1 aliphatic heterocycles. The molecule has 0 aliphatic carbocycles. The standard InChI is InChI=1S/C16H22ClNO3/c1-3-4-13-5-6-15(12(2)7-13)18(16(19)8-17)9-14-10-20-11-21-14/h5-7,14H,3-4,8-11H2,1-2H3. The first-order valence-corrected chi connectivity index (χ1v) is 7.84. The van der Waals surface area contributed by atoms with E-state index in [1.54, 1.807) is 4.90 Å². The summed E-state index contributed by atoms with van der Waals surface area (Å²) in [6.07, 6.45) is 2.06. The Balaban J connectivity index is 2.20. The summed E-state index contributed by atoms with van der Waals surface area (Å²) in [4.78, 5) is 13.9. The molecule has 1 aliphatic rings. The summed E-state index contributed by atoms with van der Waals surface area (Å²) in [7, 11) is 0. The molecule has 5 heteroatoms. The summed E-state index contributed by atoms with van der Waals surface area (Å²) < 4.78 is 10.6. The van der Waals surface area contributed by atoms with Gasteiger partial charge in [-0.15, -0.1) is 11.6 Å². The van der Waals surface area contributed by atoms with Crippen LogP contribution in [0.1, 0.15) is 24.5 Å². The van der Waals surface area contributed by atoms with Gasteiger partial charge in [0.25, 0.3) is 0 Å². The van der Waals surface area contributed by atoms with Gasteiger partial charge in [0.15, 0.2) is 0 Å². The molecule has 0 aromatic heterocycles. The molecular weight excluding hydrogens is 290 g/mol. The van der Waals surface area contributed by atoms with Crippen LogP contribution in [0, 0.1) is 6.92 Å². The minimum absolute atomic E-state index is 0.0380. The fourth-order valence-corrected chi connectivity index (χ4v) is 2.70. The van der Waals surface area contributed by atoms with Crippen LogP contribution in [0.15, 0.2) is 18.2 Å². The average molecular weight is 312 g/mol. The maximum Gasteiger partial charge on any atom is 0.242 e. The molecule has 1 aromatic rings. The molecule has 2 rings (SSSR count). The van der Waals surface area contributed by atoms with Crippen molar-refractivity contribution < 1.29 is 14.3 Å². The van der Waals surface area contributed by atoms with Crippen molar-refractivity contribution in [2.75, 3.05) is 30.7 Å². The second-order valence-corrected chi connectivity index (χ2v) is 5.55. The van der Waals surface area contributed by atoms with E-state index in [1.807, 2.05) is 13.0 Å². The van der Waals surface area contributed by atoms with E-state index in [1.165, 1.54) is 5.56 Å². The van der Waals surface area contributed by atoms with Crippen molar-refractivity contribution in [1.29, 1.82) is 0 Å². The molecule has 0 bridgehead atoms. The van der Waals surface area contributed by atoms with E-state index >= 15 is 0 Å². The first kappa shape index (κ1) is 16.3. The molecule has 0 radical (unpaired) electrons. The summed E-state index contributed by atoms with van der Waals surface area (Å²) in [5, 5.41) is 0. The quantitative estimate of drug-likeness (QED) is 0.758. The molecule has 1 unspecified atom stereocenters. The molecule has 1 saturated heterocycles. The second-order valence-electron chi connectivity index (χ2n) is 5.29. The Hall–Kier alpha value is -1.10. The van der Waals surface area contributed by atoms with E-state index in [-0.39, 0.29) is 17.9 Å². The van der Waals surface area contributed by atoms with Crippen LogP contribution in [0.3, 0.4) is 0 Å². The van der Waals surface area contributed by atoms with Gasteiger partial charge in [0.05, 0.1) is 13.2 Å². The zero-order valence-corrected chi connectivity index (χ0v) is 13.4. The largest absolute Gasteiger partial charge is 0.353 e. The topological polar surface area (TPSA) is 38.8 Å². The first-order valence-electron chi connectivity index (χ1n) is 7.31. The Morgan fingerprint density at radius 1 is 1.48 bits per heavy atom. The Kier molecular flexibility index (Phi) is 6.03. The average Bonchev–Trinajstić information content (AvgIpc) is 2.98. The lowest BCUT2D eigenvalue weighted by Gasteiger charge is -2.26. The number of rotatable bonds is 6. The van der Waals surface area contributed by atoms with Gasteiger partial charge in [0.1, 0.15) is 18.8 Å². The lowest BCUT2D eigenvalue weighted by atomic mass is 10.0. The van der Waals surface area contributed by atoms with Crippen LogP contribution < -0.4 is 4.90 Å². The third kappa shape index (κ3) is 4.19. The number of aryl methyl sites for hydroxylation is 2. The molecule has 1 amide bonds. The summed E-state index contributed by atoms with van der Waals surface area (Å²) >= 11 is 5.75. The predicted octanol–water partition coefficient (Wildman–Crippen LogP) is 2.89. The van der Waals surface area contributed by atoms with Crippen molar-refractivity contribution >= 4 is 23.2 Å². The smallest absolute Gasteiger partial charge is 0.242 e. The van der Waals surface area contributed by atoms with E-state index in [4.69, 9.17) is 21.1 Å². The third-order valence-corrected chi connectivity index (χ3v) is 3.81. The fraction of sp³-hybridized carbons (Fsp3) is 0.562. The molecule has 0 saturated carbocycles. The van der Waals surface area contributed by atoms with Crippen LogP contribution in [-0.4, -0.2) is 37.8 Å². The van der Waals surface area contributed by atoms with E-state index in [0.717, 1.165) is 24.1 Å². The van der Waals surface area contributed by atoms with Crippen LogP contribution >= 0.6 is 11.6 Å². The highest BCUT2D eigenvalue weighted by Gasteiger charge is 2.24. The summed E-state index contributed by atoms with van der Waals surface area (Å²) in [6, 6.07) is 6.21. The normalized spacial score (nSPS) is 18.0. The Bertz CT molecular complexity index is 486. The number of carbonyl (C=O) groups excluding carboxylic acids is 1. The van der Waals surface area contributed by atoms with E-state index < -0.39 is 0 Å². The molecule has 116 valence electrons. The lowest BCUT2D eigenvalue weighted by molar-refractivity contribution is -0.116. The van der Waals surface area contributed by atoms with Crippen LogP contribution in [0.25, 0.3) is 0 Å². The summed E-state index contributed by atoms with van der Waals surface area (Å²) in [6.45, 7) is 5.46. The molecule has 1 fully saturated rings. The number of anilines is 1. The summed E-state index contributed by atoms with van der Waals surface area (Å²) in [5.41, 5.74) is 3.27. The third-order valence-electron chi connectivity index (χ3n) is 3.58. The first-order chi connectivity index (χ1) is 10.2. The van der Waals surface area contributed by atoms with E-state index in [0.29, 0.717) is 19.9 Å². The van der Waals surface area contributed by atoms with Gasteiger partial charge in [-0.2, -0.15) is 0 Å². The molecular formula is C16H22ClNO3. The summed E-state index contributed by atoms with van der Waals surface area (Å²) in [5.74, 6) is -0.150. The molecule has 4 nitrogen and oxygen atoms in total. The fourth-order valence-electron chi connectivity index (χ4n) is 2.55. The zero-order valence-electron chi connectivity index (χ0n) is 12.6. The van der Waals surface area contributed by atoms with Gasteiger partial charge >= 0.3 is 0 Å². The maximum atomic E-state index is 12.2. The molecule has 0 spiro atoms. The number of nitrogens with zero attached hydrogens (tertiary/aromatic N) is 1. The van der Waals surface area contributed by atoms with Gasteiger partial charge in [-0.3, -0.25) is 4.79 Å². The minimum atomic E-state index is -0.112. The number of benzene rings is 1. The van der Waals surface area contributed by atoms with Gasteiger partial charge in [0.2, 0.25) is 5.91 Å². The van der Waals surface area contributed by atoms with Gasteiger partial charge in [-0.1, -0.05) is 25.5 Å². The zero-order chi connectivity index (χ0) is 15.2. The Morgan fingerprint density at radius 2 is 2.29 bits per heavy atom. The van der Waals surface area contributed by atoms with Crippen molar-refractivity contribution in [1.82, 2.24) is 0 Å². The number of carbonyl (C=O) groups is 1. The molecule has 21 heavy (non-hydrogen) atoms. The number of amides is 1. The molecule has 1 atom stereocenters. The number of alkyl halides is 1. The Morgan fingerprint density at radius 3 is 2.86 bits per heavy atom. The monoisotopic (exact) mass is 311 g/mol. The SMILES string of the molecule is CCCc1ccc(N(CC2COCO2)C(=O)CCl)c(C)c1. The van der Waals surface area contributed by atoms with Crippen LogP contribution in [0.5, 0.6) is 0 Å². The van der Waals surface area contributed by atoms with Crippen molar-refractivity contribution in [3.8, 4) is 0 Å². The minimum Gasteiger partial charge on any atom is -0.353 e. The van der Waals surface area contributed by atoms with Crippen LogP contribution in [0.4, 0.5) is 5.69 Å². The molecule has 1 heterocycles. The van der Waals surface area contributed by atoms with Gasteiger partial charge in [-0.05, 0) is 30.5 Å². The number of hydrogen-bond acceptors (Lipinski definition) is 3. The van der Waals surface area contributed by atoms with E-state index in [9.17, 15) is 4.79 Å². The predicted molar refractivity (Wildman–Crippen MR) is 83.9 cm³/mol. The van der Waals surface area contributed by atoms with Gasteiger partial charge in [0, 0.05) is 5.69 Å². The number of ether oxygens (including phenoxy) is 2.